The van der Waals surface area contributed by atoms with E-state index in [9.17, 15) is 4.79 Å². The van der Waals surface area contributed by atoms with Gasteiger partial charge in [-0.15, -0.1) is 12.4 Å². The summed E-state index contributed by atoms with van der Waals surface area (Å²) < 4.78 is 6.83. The van der Waals surface area contributed by atoms with Gasteiger partial charge in [0.1, 0.15) is 0 Å². The van der Waals surface area contributed by atoms with Crippen LogP contribution >= 0.6 is 12.4 Å². The second kappa shape index (κ2) is 8.94. The van der Waals surface area contributed by atoms with Gasteiger partial charge in [0, 0.05) is 38.4 Å². The Morgan fingerprint density at radius 1 is 1.55 bits per heavy atom. The maximum atomic E-state index is 12.0. The normalized spacial score (nSPS) is 15.7. The van der Waals surface area contributed by atoms with Gasteiger partial charge < -0.3 is 15.4 Å². The van der Waals surface area contributed by atoms with Crippen molar-refractivity contribution < 1.29 is 9.53 Å². The minimum absolute atomic E-state index is 0. The predicted octanol–water partition coefficient (Wildman–Crippen LogP) is 1.28. The van der Waals surface area contributed by atoms with Crippen LogP contribution in [0.25, 0.3) is 0 Å². The second-order valence-corrected chi connectivity index (χ2v) is 4.82. The Kier molecular flexibility index (Phi) is 7.58. The molecule has 0 bridgehead atoms. The van der Waals surface area contributed by atoms with Crippen LogP contribution in [-0.4, -0.2) is 42.5 Å². The molecule has 7 heteroatoms. The van der Waals surface area contributed by atoms with Gasteiger partial charge in [-0.1, -0.05) is 0 Å². The zero-order valence-corrected chi connectivity index (χ0v) is 12.6. The van der Waals surface area contributed by atoms with Crippen LogP contribution in [-0.2, 0) is 16.1 Å². The summed E-state index contributed by atoms with van der Waals surface area (Å²) in [5, 5.41) is 10.5. The van der Waals surface area contributed by atoms with Crippen LogP contribution in [0.4, 0.5) is 5.82 Å². The molecule has 0 unspecified atom stereocenters. The number of piperidine rings is 1. The Labute approximate surface area is 125 Å². The van der Waals surface area contributed by atoms with Crippen molar-refractivity contribution in [1.29, 1.82) is 0 Å². The van der Waals surface area contributed by atoms with Crippen LogP contribution in [0.1, 0.15) is 19.3 Å². The Balaban J connectivity index is 0.00000200. The third-order valence-corrected chi connectivity index (χ3v) is 3.34. The Morgan fingerprint density at radius 2 is 2.30 bits per heavy atom. The molecule has 1 aromatic rings. The maximum absolute atomic E-state index is 12.0. The second-order valence-electron chi connectivity index (χ2n) is 4.82. The summed E-state index contributed by atoms with van der Waals surface area (Å²) in [4.78, 5) is 12.0. The number of methoxy groups -OCH3 is 1. The van der Waals surface area contributed by atoms with Gasteiger partial charge in [-0.3, -0.25) is 9.48 Å². The number of rotatable bonds is 6. The average Bonchev–Trinajstić information content (AvgIpc) is 2.88. The molecule has 2 N–H and O–H groups in total. The van der Waals surface area contributed by atoms with Crippen LogP contribution < -0.4 is 10.6 Å². The number of hydrogen-bond acceptors (Lipinski definition) is 4. The molecule has 1 aliphatic heterocycles. The number of nitrogens with one attached hydrogen (secondary N) is 2. The smallest absolute Gasteiger partial charge is 0.228 e. The van der Waals surface area contributed by atoms with Crippen molar-refractivity contribution in [2.75, 3.05) is 32.1 Å². The average molecular weight is 303 g/mol. The standard InChI is InChI=1S/C13H22N4O2.ClH/c1-19-10-2-8-17-9-5-12(16-17)15-13(18)11-3-6-14-7-4-11;/h5,9,11,14H,2-4,6-8,10H2,1H3,(H,15,16,18);1H. The quantitative estimate of drug-likeness (QED) is 0.777. The summed E-state index contributed by atoms with van der Waals surface area (Å²) in [5.74, 6) is 0.837. The number of hydrogen-bond donors (Lipinski definition) is 2. The zero-order valence-electron chi connectivity index (χ0n) is 11.8. The number of ether oxygens (including phenoxy) is 1. The number of aryl methyl sites for hydroxylation is 1. The minimum atomic E-state index is 0. The van der Waals surface area contributed by atoms with Gasteiger partial charge in [0.2, 0.25) is 5.91 Å². The third kappa shape index (κ3) is 5.11. The van der Waals surface area contributed by atoms with Gasteiger partial charge in [-0.25, -0.2) is 0 Å². The first-order valence-corrected chi connectivity index (χ1v) is 6.83. The van der Waals surface area contributed by atoms with Crippen molar-refractivity contribution >= 4 is 24.1 Å². The van der Waals surface area contributed by atoms with E-state index in [0.29, 0.717) is 5.82 Å². The number of halogens is 1. The molecule has 1 fully saturated rings. The first-order chi connectivity index (χ1) is 9.29. The third-order valence-electron chi connectivity index (χ3n) is 3.34. The van der Waals surface area contributed by atoms with E-state index in [2.05, 4.69) is 15.7 Å². The summed E-state index contributed by atoms with van der Waals surface area (Å²) in [6.45, 7) is 3.36. The van der Waals surface area contributed by atoms with E-state index in [1.54, 1.807) is 7.11 Å². The van der Waals surface area contributed by atoms with Gasteiger partial charge in [0.15, 0.2) is 5.82 Å². The van der Waals surface area contributed by atoms with E-state index < -0.39 is 0 Å². The molecule has 2 rings (SSSR count). The highest BCUT2D eigenvalue weighted by molar-refractivity contribution is 5.91. The Morgan fingerprint density at radius 3 is 3.00 bits per heavy atom. The van der Waals surface area contributed by atoms with Gasteiger partial charge >= 0.3 is 0 Å². The first-order valence-electron chi connectivity index (χ1n) is 6.83. The lowest BCUT2D eigenvalue weighted by molar-refractivity contribution is -0.120. The molecule has 6 nitrogen and oxygen atoms in total. The fraction of sp³-hybridized carbons (Fsp3) is 0.692. The molecule has 1 saturated heterocycles. The zero-order chi connectivity index (χ0) is 13.5. The number of carbonyl (C=O) groups excluding carboxylic acids is 1. The number of nitrogens with zero attached hydrogens (tertiary/aromatic N) is 2. The van der Waals surface area contributed by atoms with Crippen LogP contribution in [0.5, 0.6) is 0 Å². The monoisotopic (exact) mass is 302 g/mol. The van der Waals surface area contributed by atoms with Crippen LogP contribution in [0.15, 0.2) is 12.3 Å². The van der Waals surface area contributed by atoms with Crippen molar-refractivity contribution in [1.82, 2.24) is 15.1 Å². The molecule has 114 valence electrons. The van der Waals surface area contributed by atoms with Gasteiger partial charge in [-0.05, 0) is 32.4 Å². The van der Waals surface area contributed by atoms with E-state index >= 15 is 0 Å². The molecule has 0 aromatic carbocycles. The highest BCUT2D eigenvalue weighted by atomic mass is 35.5. The Hall–Kier alpha value is -1.11. The topological polar surface area (TPSA) is 68.2 Å². The summed E-state index contributed by atoms with van der Waals surface area (Å²) in [7, 11) is 1.69. The van der Waals surface area contributed by atoms with Crippen LogP contribution in [0.2, 0.25) is 0 Å². The summed E-state index contributed by atoms with van der Waals surface area (Å²) in [6, 6.07) is 1.84. The van der Waals surface area contributed by atoms with Crippen LogP contribution in [0.3, 0.4) is 0 Å². The first kappa shape index (κ1) is 16.9. The lowest BCUT2D eigenvalue weighted by Crippen LogP contribution is -2.34. The van der Waals surface area contributed by atoms with E-state index in [4.69, 9.17) is 4.74 Å². The number of amides is 1. The molecule has 0 saturated carbocycles. The lowest BCUT2D eigenvalue weighted by Gasteiger charge is -2.21. The Bertz CT molecular complexity index is 405. The lowest BCUT2D eigenvalue weighted by atomic mass is 9.97. The molecule has 1 aromatic heterocycles. The highest BCUT2D eigenvalue weighted by Gasteiger charge is 2.21. The van der Waals surface area contributed by atoms with Crippen molar-refractivity contribution in [2.24, 2.45) is 5.92 Å². The van der Waals surface area contributed by atoms with Crippen molar-refractivity contribution in [3.8, 4) is 0 Å². The number of carbonyl (C=O) groups is 1. The summed E-state index contributed by atoms with van der Waals surface area (Å²) >= 11 is 0. The SMILES string of the molecule is COCCCn1ccc(NC(=O)C2CCNCC2)n1.Cl. The fourth-order valence-electron chi connectivity index (χ4n) is 2.24. The largest absolute Gasteiger partial charge is 0.385 e. The van der Waals surface area contributed by atoms with Gasteiger partial charge in [0.05, 0.1) is 0 Å². The maximum Gasteiger partial charge on any atom is 0.228 e. The molecule has 0 spiro atoms. The molecule has 0 radical (unpaired) electrons. The highest BCUT2D eigenvalue weighted by Crippen LogP contribution is 2.14. The van der Waals surface area contributed by atoms with Crippen molar-refractivity contribution in [3.63, 3.8) is 0 Å². The molecule has 20 heavy (non-hydrogen) atoms. The molecular weight excluding hydrogens is 280 g/mol. The minimum Gasteiger partial charge on any atom is -0.385 e. The van der Waals surface area contributed by atoms with E-state index in [1.807, 2.05) is 16.9 Å². The van der Waals surface area contributed by atoms with Crippen molar-refractivity contribution in [2.45, 2.75) is 25.8 Å². The van der Waals surface area contributed by atoms with E-state index in [-0.39, 0.29) is 24.2 Å². The molecular formula is C13H23ClN4O2. The van der Waals surface area contributed by atoms with E-state index in [1.165, 1.54) is 0 Å². The summed E-state index contributed by atoms with van der Waals surface area (Å²) in [5.41, 5.74) is 0. The van der Waals surface area contributed by atoms with Crippen LogP contribution in [0, 0.1) is 5.92 Å². The molecule has 2 heterocycles. The number of anilines is 1. The van der Waals surface area contributed by atoms with Crippen molar-refractivity contribution in [3.05, 3.63) is 12.3 Å². The fourth-order valence-corrected chi connectivity index (χ4v) is 2.24. The molecule has 0 aliphatic carbocycles. The molecule has 1 amide bonds. The summed E-state index contributed by atoms with van der Waals surface area (Å²) in [6.07, 6.45) is 4.61. The van der Waals surface area contributed by atoms with Gasteiger partial charge in [-0.2, -0.15) is 5.10 Å². The molecule has 0 atom stereocenters. The molecule has 1 aliphatic rings. The van der Waals surface area contributed by atoms with E-state index in [0.717, 1.165) is 45.5 Å². The van der Waals surface area contributed by atoms with Gasteiger partial charge in [0.25, 0.3) is 0 Å². The predicted molar refractivity (Wildman–Crippen MR) is 80.2 cm³/mol. The number of aromatic nitrogens is 2.